The lowest BCUT2D eigenvalue weighted by Crippen LogP contribution is -2.49. The van der Waals surface area contributed by atoms with Gasteiger partial charge in [-0.3, -0.25) is 4.90 Å². The van der Waals surface area contributed by atoms with E-state index in [1.54, 1.807) is 12.1 Å². The highest BCUT2D eigenvalue weighted by atomic mass is 19.1. The number of fused-ring (bicyclic) bond motifs is 1. The fourth-order valence-corrected chi connectivity index (χ4v) is 4.63. The van der Waals surface area contributed by atoms with Crippen molar-refractivity contribution in [2.24, 2.45) is 5.92 Å². The number of hydrogen-bond acceptors (Lipinski definition) is 4. The molecule has 5 heteroatoms. The monoisotopic (exact) mass is 383 g/mol. The minimum absolute atomic E-state index is 0.177. The molecule has 148 valence electrons. The Kier molecular flexibility index (Phi) is 4.85. The van der Waals surface area contributed by atoms with Crippen LogP contribution in [0.15, 0.2) is 42.5 Å². The van der Waals surface area contributed by atoms with E-state index in [1.165, 1.54) is 24.8 Å². The molecule has 0 amide bonds. The standard InChI is InChI=1S/C23H26FNO3/c24-18-6-4-16(5-7-18)21-10-11-25(19-2-1-3-19)13-17(21)14-26-20-8-9-22-23(12-20)28-15-27-22/h4-9,12,17,19,21H,1-3,10-11,13-15H2/t17-,21-/m0/s1. The topological polar surface area (TPSA) is 30.9 Å². The summed E-state index contributed by atoms with van der Waals surface area (Å²) in [6, 6.07) is 13.5. The SMILES string of the molecule is Fc1ccc([C@@H]2CCN(C3CCC3)C[C@H]2COc2ccc3c(c2)OCO3)cc1. The Labute approximate surface area is 165 Å². The van der Waals surface area contributed by atoms with Crippen LogP contribution < -0.4 is 14.2 Å². The summed E-state index contributed by atoms with van der Waals surface area (Å²) < 4.78 is 30.4. The van der Waals surface area contributed by atoms with Crippen molar-refractivity contribution in [3.8, 4) is 17.2 Å². The van der Waals surface area contributed by atoms with Gasteiger partial charge in [0.1, 0.15) is 11.6 Å². The number of halogens is 1. The number of piperidine rings is 1. The largest absolute Gasteiger partial charge is 0.493 e. The van der Waals surface area contributed by atoms with Gasteiger partial charge < -0.3 is 14.2 Å². The first kappa shape index (κ1) is 17.8. The van der Waals surface area contributed by atoms with Gasteiger partial charge in [0, 0.05) is 24.6 Å². The van der Waals surface area contributed by atoms with Crippen molar-refractivity contribution >= 4 is 0 Å². The first-order chi connectivity index (χ1) is 13.8. The molecule has 28 heavy (non-hydrogen) atoms. The molecule has 2 atom stereocenters. The number of likely N-dealkylation sites (tertiary alicyclic amines) is 1. The number of rotatable bonds is 5. The van der Waals surface area contributed by atoms with Gasteiger partial charge in [0.2, 0.25) is 6.79 Å². The molecule has 4 nitrogen and oxygen atoms in total. The second kappa shape index (κ2) is 7.63. The minimum Gasteiger partial charge on any atom is -0.493 e. The van der Waals surface area contributed by atoms with E-state index in [4.69, 9.17) is 14.2 Å². The van der Waals surface area contributed by atoms with E-state index in [1.807, 2.05) is 30.3 Å². The fourth-order valence-electron chi connectivity index (χ4n) is 4.63. The Balaban J connectivity index is 1.31. The van der Waals surface area contributed by atoms with E-state index in [0.717, 1.165) is 42.8 Å². The third kappa shape index (κ3) is 3.55. The van der Waals surface area contributed by atoms with Crippen molar-refractivity contribution in [2.45, 2.75) is 37.6 Å². The molecule has 5 rings (SSSR count). The molecule has 2 aromatic carbocycles. The summed E-state index contributed by atoms with van der Waals surface area (Å²) >= 11 is 0. The molecule has 2 fully saturated rings. The zero-order valence-electron chi connectivity index (χ0n) is 16.0. The van der Waals surface area contributed by atoms with Gasteiger partial charge in [-0.1, -0.05) is 18.6 Å². The summed E-state index contributed by atoms with van der Waals surface area (Å²) in [5.74, 6) is 2.92. The third-order valence-corrected chi connectivity index (χ3v) is 6.46. The molecule has 2 heterocycles. The van der Waals surface area contributed by atoms with Crippen LogP contribution in [0.2, 0.25) is 0 Å². The van der Waals surface area contributed by atoms with Crippen LogP contribution in [-0.4, -0.2) is 37.4 Å². The third-order valence-electron chi connectivity index (χ3n) is 6.46. The lowest BCUT2D eigenvalue weighted by molar-refractivity contribution is 0.0482. The van der Waals surface area contributed by atoms with Gasteiger partial charge >= 0.3 is 0 Å². The molecule has 1 saturated heterocycles. The van der Waals surface area contributed by atoms with Crippen LogP contribution in [0.1, 0.15) is 37.2 Å². The Morgan fingerprint density at radius 1 is 1.00 bits per heavy atom. The van der Waals surface area contributed by atoms with Crippen molar-refractivity contribution in [1.82, 2.24) is 4.90 Å². The first-order valence-corrected chi connectivity index (χ1v) is 10.3. The highest BCUT2D eigenvalue weighted by Gasteiger charge is 2.35. The van der Waals surface area contributed by atoms with Crippen LogP contribution in [0.5, 0.6) is 17.2 Å². The molecular formula is C23H26FNO3. The highest BCUT2D eigenvalue weighted by Crippen LogP contribution is 2.39. The Morgan fingerprint density at radius 2 is 1.82 bits per heavy atom. The van der Waals surface area contributed by atoms with Crippen molar-refractivity contribution in [2.75, 3.05) is 26.5 Å². The van der Waals surface area contributed by atoms with Crippen molar-refractivity contribution < 1.29 is 18.6 Å². The number of benzene rings is 2. The molecule has 2 aromatic rings. The van der Waals surface area contributed by atoms with Gasteiger partial charge in [-0.05, 0) is 61.6 Å². The molecular weight excluding hydrogens is 357 g/mol. The van der Waals surface area contributed by atoms with E-state index in [-0.39, 0.29) is 12.6 Å². The van der Waals surface area contributed by atoms with Crippen molar-refractivity contribution in [3.05, 3.63) is 53.8 Å². The average molecular weight is 383 g/mol. The lowest BCUT2D eigenvalue weighted by atomic mass is 9.79. The second-order valence-electron chi connectivity index (χ2n) is 8.11. The maximum atomic E-state index is 13.4. The Hall–Kier alpha value is -2.27. The lowest BCUT2D eigenvalue weighted by Gasteiger charge is -2.45. The van der Waals surface area contributed by atoms with Crippen LogP contribution in [0.4, 0.5) is 4.39 Å². The maximum Gasteiger partial charge on any atom is 0.231 e. The van der Waals surface area contributed by atoms with Crippen molar-refractivity contribution in [1.29, 1.82) is 0 Å². The van der Waals surface area contributed by atoms with Gasteiger partial charge in [0.05, 0.1) is 6.61 Å². The summed E-state index contributed by atoms with van der Waals surface area (Å²) in [7, 11) is 0. The number of ether oxygens (including phenoxy) is 3. The van der Waals surface area contributed by atoms with Gasteiger partial charge in [-0.2, -0.15) is 0 Å². The van der Waals surface area contributed by atoms with Gasteiger partial charge in [-0.15, -0.1) is 0 Å². The Bertz CT molecular complexity index is 821. The quantitative estimate of drug-likeness (QED) is 0.756. The summed E-state index contributed by atoms with van der Waals surface area (Å²) in [5, 5.41) is 0. The van der Waals surface area contributed by atoms with Crippen LogP contribution in [0.3, 0.4) is 0 Å². The van der Waals surface area contributed by atoms with E-state index >= 15 is 0 Å². The van der Waals surface area contributed by atoms with Crippen LogP contribution in [0.25, 0.3) is 0 Å². The summed E-state index contributed by atoms with van der Waals surface area (Å²) in [4.78, 5) is 2.64. The molecule has 0 unspecified atom stereocenters. The fraction of sp³-hybridized carbons (Fsp3) is 0.478. The van der Waals surface area contributed by atoms with Crippen molar-refractivity contribution in [3.63, 3.8) is 0 Å². The molecule has 0 N–H and O–H groups in total. The zero-order valence-corrected chi connectivity index (χ0v) is 16.0. The predicted octanol–water partition coefficient (Wildman–Crippen LogP) is 4.59. The molecule has 1 aliphatic carbocycles. The smallest absolute Gasteiger partial charge is 0.231 e. The summed E-state index contributed by atoms with van der Waals surface area (Å²) in [5.41, 5.74) is 1.22. The van der Waals surface area contributed by atoms with Gasteiger partial charge in [0.25, 0.3) is 0 Å². The Morgan fingerprint density at radius 3 is 2.61 bits per heavy atom. The molecule has 0 aromatic heterocycles. The van der Waals surface area contributed by atoms with E-state index in [2.05, 4.69) is 4.90 Å². The summed E-state index contributed by atoms with van der Waals surface area (Å²) in [6.07, 6.45) is 5.08. The zero-order chi connectivity index (χ0) is 18.9. The van der Waals surface area contributed by atoms with E-state index < -0.39 is 0 Å². The molecule has 3 aliphatic rings. The van der Waals surface area contributed by atoms with E-state index in [0.29, 0.717) is 18.4 Å². The first-order valence-electron chi connectivity index (χ1n) is 10.3. The average Bonchev–Trinajstić information content (AvgIpc) is 3.14. The van der Waals surface area contributed by atoms with E-state index in [9.17, 15) is 4.39 Å². The van der Waals surface area contributed by atoms with Gasteiger partial charge in [-0.25, -0.2) is 4.39 Å². The molecule has 0 bridgehead atoms. The normalized spacial score (nSPS) is 24.8. The molecule has 0 spiro atoms. The summed E-state index contributed by atoms with van der Waals surface area (Å²) in [6.45, 7) is 3.07. The predicted molar refractivity (Wildman–Crippen MR) is 105 cm³/mol. The number of nitrogens with zero attached hydrogens (tertiary/aromatic N) is 1. The van der Waals surface area contributed by atoms with Crippen LogP contribution >= 0.6 is 0 Å². The molecule has 0 radical (unpaired) electrons. The second-order valence-corrected chi connectivity index (χ2v) is 8.11. The van der Waals surface area contributed by atoms with Crippen LogP contribution in [0, 0.1) is 11.7 Å². The van der Waals surface area contributed by atoms with Crippen LogP contribution in [-0.2, 0) is 0 Å². The highest BCUT2D eigenvalue weighted by molar-refractivity contribution is 5.46. The minimum atomic E-state index is -0.177. The molecule has 1 saturated carbocycles. The number of hydrogen-bond donors (Lipinski definition) is 0. The van der Waals surface area contributed by atoms with Gasteiger partial charge in [0.15, 0.2) is 11.5 Å². The maximum absolute atomic E-state index is 13.4. The molecule has 2 aliphatic heterocycles.